The van der Waals surface area contributed by atoms with Gasteiger partial charge in [0.25, 0.3) is 0 Å². The lowest BCUT2D eigenvalue weighted by atomic mass is 10.2. The fraction of sp³-hybridized carbons (Fsp3) is 0.368. The molecule has 2 aliphatic rings. The van der Waals surface area contributed by atoms with Crippen LogP contribution in [0.3, 0.4) is 0 Å². The van der Waals surface area contributed by atoms with Gasteiger partial charge >= 0.3 is 6.03 Å². The molecule has 0 spiro atoms. The first kappa shape index (κ1) is 17.8. The summed E-state index contributed by atoms with van der Waals surface area (Å²) in [5.74, 6) is 0.923. The van der Waals surface area contributed by atoms with Crippen molar-refractivity contribution in [3.05, 3.63) is 40.6 Å². The second-order valence-electron chi connectivity index (χ2n) is 6.50. The highest BCUT2D eigenvalue weighted by atomic mass is 32.1. The molecule has 8 heteroatoms. The number of fused-ring (bicyclic) bond motifs is 1. The number of amides is 3. The number of ether oxygens (including phenoxy) is 2. The molecule has 4 rings (SSSR count). The number of carbonyl (C=O) groups is 2. The van der Waals surface area contributed by atoms with E-state index in [2.05, 4.69) is 21.6 Å². The Morgan fingerprint density at radius 3 is 2.85 bits per heavy atom. The molecule has 1 atom stereocenters. The summed E-state index contributed by atoms with van der Waals surface area (Å²) in [6.45, 7) is 2.05. The molecule has 2 N–H and O–H groups in total. The quantitative estimate of drug-likeness (QED) is 0.843. The Balaban J connectivity index is 1.31. The number of urea groups is 1. The van der Waals surface area contributed by atoms with E-state index in [9.17, 15) is 9.59 Å². The molecule has 1 fully saturated rings. The van der Waals surface area contributed by atoms with Gasteiger partial charge in [0, 0.05) is 22.7 Å². The molecule has 0 saturated carbocycles. The number of benzene rings is 1. The van der Waals surface area contributed by atoms with Gasteiger partial charge in [0.15, 0.2) is 11.5 Å². The normalized spacial score (nSPS) is 18.9. The molecule has 142 valence electrons. The molecule has 0 aliphatic carbocycles. The lowest BCUT2D eigenvalue weighted by molar-refractivity contribution is -0.121. The van der Waals surface area contributed by atoms with Crippen molar-refractivity contribution in [1.29, 1.82) is 0 Å². The summed E-state index contributed by atoms with van der Waals surface area (Å²) in [6.07, 6.45) is 2.09. The second-order valence-corrected chi connectivity index (χ2v) is 7.48. The van der Waals surface area contributed by atoms with Crippen LogP contribution >= 0.6 is 11.3 Å². The molecule has 1 saturated heterocycles. The molecule has 0 radical (unpaired) electrons. The molecule has 0 bridgehead atoms. The standard InChI is InChI=1S/C19H21N3O4S/c23-18(12-22-7-1-3-14(22)17-4-2-10-27-17)21-19(24)20-13-5-6-15-16(11-13)26-9-8-25-15/h2,4-6,10-11,14H,1,3,7-9,12H2,(H2,20,21,23,24)/t14-/m0/s1. The highest BCUT2D eigenvalue weighted by Gasteiger charge is 2.28. The van der Waals surface area contributed by atoms with Crippen LogP contribution in [0.2, 0.25) is 0 Å². The van der Waals surface area contributed by atoms with Crippen molar-refractivity contribution in [1.82, 2.24) is 10.2 Å². The number of hydrogen-bond donors (Lipinski definition) is 2. The van der Waals surface area contributed by atoms with Crippen molar-refractivity contribution in [3.8, 4) is 11.5 Å². The predicted molar refractivity (Wildman–Crippen MR) is 102 cm³/mol. The van der Waals surface area contributed by atoms with Gasteiger partial charge < -0.3 is 14.8 Å². The minimum Gasteiger partial charge on any atom is -0.486 e. The van der Waals surface area contributed by atoms with E-state index >= 15 is 0 Å². The lowest BCUT2D eigenvalue weighted by Gasteiger charge is -2.22. The van der Waals surface area contributed by atoms with Gasteiger partial charge in [0.05, 0.1) is 6.54 Å². The third-order valence-electron chi connectivity index (χ3n) is 4.63. The van der Waals surface area contributed by atoms with Crippen LogP contribution in [0.5, 0.6) is 11.5 Å². The number of carbonyl (C=O) groups excluding carboxylic acids is 2. The zero-order valence-corrected chi connectivity index (χ0v) is 15.6. The van der Waals surface area contributed by atoms with E-state index < -0.39 is 6.03 Å². The van der Waals surface area contributed by atoms with Crippen molar-refractivity contribution in [3.63, 3.8) is 0 Å². The van der Waals surface area contributed by atoms with Crippen molar-refractivity contribution >= 4 is 29.0 Å². The summed E-state index contributed by atoms with van der Waals surface area (Å²) in [5, 5.41) is 7.11. The maximum atomic E-state index is 12.3. The maximum absolute atomic E-state index is 12.3. The van der Waals surface area contributed by atoms with Crippen molar-refractivity contribution in [2.24, 2.45) is 0 Å². The molecule has 7 nitrogen and oxygen atoms in total. The molecule has 3 amide bonds. The SMILES string of the molecule is O=C(CN1CCC[C@H]1c1cccs1)NC(=O)Nc1ccc2c(c1)OCCO2. The van der Waals surface area contributed by atoms with Crippen molar-refractivity contribution < 1.29 is 19.1 Å². The van der Waals surface area contributed by atoms with Crippen LogP contribution in [0.4, 0.5) is 10.5 Å². The predicted octanol–water partition coefficient (Wildman–Crippen LogP) is 3.00. The molecule has 0 unspecified atom stereocenters. The van der Waals surface area contributed by atoms with Crippen LogP contribution < -0.4 is 20.1 Å². The van der Waals surface area contributed by atoms with Gasteiger partial charge in [-0.3, -0.25) is 15.0 Å². The van der Waals surface area contributed by atoms with Gasteiger partial charge in [-0.2, -0.15) is 0 Å². The summed E-state index contributed by atoms with van der Waals surface area (Å²) in [5.41, 5.74) is 0.544. The molecule has 3 heterocycles. The Morgan fingerprint density at radius 1 is 1.19 bits per heavy atom. The minimum absolute atomic E-state index is 0.205. The number of likely N-dealkylation sites (tertiary alicyclic amines) is 1. The lowest BCUT2D eigenvalue weighted by Crippen LogP contribution is -2.41. The molecule has 27 heavy (non-hydrogen) atoms. The van der Waals surface area contributed by atoms with Gasteiger partial charge in [0.1, 0.15) is 13.2 Å². The average molecular weight is 387 g/mol. The van der Waals surface area contributed by atoms with Gasteiger partial charge in [-0.15, -0.1) is 11.3 Å². The maximum Gasteiger partial charge on any atom is 0.325 e. The highest BCUT2D eigenvalue weighted by molar-refractivity contribution is 7.10. The molecule has 2 aromatic rings. The number of thiophene rings is 1. The van der Waals surface area contributed by atoms with Crippen LogP contribution in [0.1, 0.15) is 23.8 Å². The van der Waals surface area contributed by atoms with Gasteiger partial charge in [0.2, 0.25) is 5.91 Å². The second kappa shape index (κ2) is 7.98. The Labute approximate surface area is 161 Å². The van der Waals surface area contributed by atoms with E-state index in [-0.39, 0.29) is 18.5 Å². The van der Waals surface area contributed by atoms with E-state index in [1.807, 2.05) is 11.4 Å². The smallest absolute Gasteiger partial charge is 0.325 e. The van der Waals surface area contributed by atoms with Gasteiger partial charge in [-0.1, -0.05) is 6.07 Å². The van der Waals surface area contributed by atoms with Crippen LogP contribution in [0, 0.1) is 0 Å². The first-order valence-corrected chi connectivity index (χ1v) is 9.85. The highest BCUT2D eigenvalue weighted by Crippen LogP contribution is 2.34. The monoisotopic (exact) mass is 387 g/mol. The van der Waals surface area contributed by atoms with Crippen LogP contribution in [0.25, 0.3) is 0 Å². The van der Waals surface area contributed by atoms with Crippen molar-refractivity contribution in [2.45, 2.75) is 18.9 Å². The minimum atomic E-state index is -0.552. The number of anilines is 1. The van der Waals surface area contributed by atoms with Gasteiger partial charge in [-0.25, -0.2) is 4.79 Å². The number of nitrogens with zero attached hydrogens (tertiary/aromatic N) is 1. The molecular weight excluding hydrogens is 366 g/mol. The largest absolute Gasteiger partial charge is 0.486 e. The number of hydrogen-bond acceptors (Lipinski definition) is 6. The Hall–Kier alpha value is -2.58. The molecule has 1 aromatic carbocycles. The van der Waals surface area contributed by atoms with Crippen LogP contribution in [0.15, 0.2) is 35.7 Å². The van der Waals surface area contributed by atoms with E-state index in [0.717, 1.165) is 19.4 Å². The Kier molecular flexibility index (Phi) is 5.26. The van der Waals surface area contributed by atoms with E-state index in [4.69, 9.17) is 9.47 Å². The van der Waals surface area contributed by atoms with Crippen LogP contribution in [-0.2, 0) is 4.79 Å². The van der Waals surface area contributed by atoms with Gasteiger partial charge in [-0.05, 0) is 43.0 Å². The third-order valence-corrected chi connectivity index (χ3v) is 5.61. The summed E-state index contributed by atoms with van der Waals surface area (Å²) >= 11 is 1.70. The average Bonchev–Trinajstić information content (AvgIpc) is 3.32. The summed E-state index contributed by atoms with van der Waals surface area (Å²) in [6, 6.07) is 8.97. The zero-order valence-electron chi connectivity index (χ0n) is 14.8. The summed E-state index contributed by atoms with van der Waals surface area (Å²) in [7, 11) is 0. The number of nitrogens with one attached hydrogen (secondary N) is 2. The first-order valence-electron chi connectivity index (χ1n) is 8.97. The zero-order chi connectivity index (χ0) is 18.6. The molecule has 2 aliphatic heterocycles. The Bertz CT molecular complexity index is 824. The fourth-order valence-electron chi connectivity index (χ4n) is 3.45. The Morgan fingerprint density at radius 2 is 2.04 bits per heavy atom. The third kappa shape index (κ3) is 4.23. The number of rotatable bonds is 4. The van der Waals surface area contributed by atoms with E-state index in [0.29, 0.717) is 30.4 Å². The first-order chi connectivity index (χ1) is 13.2. The van der Waals surface area contributed by atoms with Crippen molar-refractivity contribution in [2.75, 3.05) is 31.6 Å². The van der Waals surface area contributed by atoms with Crippen LogP contribution in [-0.4, -0.2) is 43.1 Å². The van der Waals surface area contributed by atoms with E-state index in [1.165, 1.54) is 4.88 Å². The topological polar surface area (TPSA) is 79.9 Å². The van der Waals surface area contributed by atoms with E-state index in [1.54, 1.807) is 29.5 Å². The summed E-state index contributed by atoms with van der Waals surface area (Å²) in [4.78, 5) is 27.8. The molecule has 1 aromatic heterocycles. The fourth-order valence-corrected chi connectivity index (χ4v) is 4.35. The number of imide groups is 1. The molecular formula is C19H21N3O4S. The summed E-state index contributed by atoms with van der Waals surface area (Å²) < 4.78 is 10.9.